The van der Waals surface area contributed by atoms with Crippen molar-refractivity contribution in [3.8, 4) is 28.7 Å². The summed E-state index contributed by atoms with van der Waals surface area (Å²) in [5.74, 6) is 0.512. The smallest absolute Gasteiger partial charge is 0.486 e. The lowest BCUT2D eigenvalue weighted by Crippen LogP contribution is -2.52. The molecule has 0 saturated carbocycles. The van der Waals surface area contributed by atoms with E-state index in [0.29, 0.717) is 37.2 Å². The van der Waals surface area contributed by atoms with E-state index in [0.717, 1.165) is 47.4 Å². The molecule has 190 valence electrons. The van der Waals surface area contributed by atoms with Crippen LogP contribution in [0.25, 0.3) is 11.1 Å². The molecule has 1 saturated heterocycles. The van der Waals surface area contributed by atoms with Gasteiger partial charge in [0.1, 0.15) is 17.1 Å². The summed E-state index contributed by atoms with van der Waals surface area (Å²) in [4.78, 5) is 14.5. The van der Waals surface area contributed by atoms with E-state index in [1.807, 2.05) is 24.3 Å². The standard InChI is InChI=1S/C28H24F3N3O3/c29-28(30,31)36-23-10-8-22(9-11-23)33-26(35)34-16-14-27(15-17-34)13-12-21-2-1-3-24(25(21)37-27)20-6-4-19(18-32)5-7-20/h1-11H,12-17H2,(H,33,35). The minimum atomic E-state index is -4.76. The number of ether oxygens (including phenoxy) is 2. The second-order valence-corrected chi connectivity index (χ2v) is 9.26. The van der Waals surface area contributed by atoms with Gasteiger partial charge >= 0.3 is 12.4 Å². The van der Waals surface area contributed by atoms with Gasteiger partial charge in [-0.15, -0.1) is 13.2 Å². The fraction of sp³-hybridized carbons (Fsp3) is 0.286. The molecule has 3 aromatic carbocycles. The number of fused-ring (bicyclic) bond motifs is 1. The number of likely N-dealkylation sites (tertiary alicyclic amines) is 1. The lowest BCUT2D eigenvalue weighted by molar-refractivity contribution is -0.274. The molecule has 0 radical (unpaired) electrons. The summed E-state index contributed by atoms with van der Waals surface area (Å²) in [6.45, 7) is 0.991. The van der Waals surface area contributed by atoms with E-state index >= 15 is 0 Å². The van der Waals surface area contributed by atoms with Gasteiger partial charge in [0.2, 0.25) is 0 Å². The number of anilines is 1. The lowest BCUT2D eigenvalue weighted by Gasteiger charge is -2.45. The van der Waals surface area contributed by atoms with Crippen molar-refractivity contribution in [2.45, 2.75) is 37.6 Å². The van der Waals surface area contributed by atoms with Gasteiger partial charge in [-0.1, -0.05) is 30.3 Å². The molecular formula is C28H24F3N3O3. The van der Waals surface area contributed by atoms with Crippen LogP contribution < -0.4 is 14.8 Å². The van der Waals surface area contributed by atoms with E-state index in [4.69, 9.17) is 10.00 Å². The van der Waals surface area contributed by atoms with E-state index < -0.39 is 6.36 Å². The minimum absolute atomic E-state index is 0.311. The highest BCUT2D eigenvalue weighted by atomic mass is 19.4. The van der Waals surface area contributed by atoms with Crippen LogP contribution in [0.15, 0.2) is 66.7 Å². The van der Waals surface area contributed by atoms with Crippen molar-refractivity contribution >= 4 is 11.7 Å². The summed E-state index contributed by atoms with van der Waals surface area (Å²) >= 11 is 0. The topological polar surface area (TPSA) is 74.6 Å². The number of aryl methyl sites for hydroxylation is 1. The Morgan fingerprint density at radius 1 is 1.00 bits per heavy atom. The second kappa shape index (κ2) is 9.69. The molecule has 2 aliphatic heterocycles. The summed E-state index contributed by atoms with van der Waals surface area (Å²) in [6, 6.07) is 20.4. The number of carbonyl (C=O) groups excluding carboxylic acids is 1. The van der Waals surface area contributed by atoms with Gasteiger partial charge in [0.05, 0.1) is 11.6 Å². The average molecular weight is 508 g/mol. The van der Waals surface area contributed by atoms with Crippen molar-refractivity contribution < 1.29 is 27.4 Å². The number of halogens is 3. The molecule has 2 aliphatic rings. The number of alkyl halides is 3. The molecule has 0 aliphatic carbocycles. The highest BCUT2D eigenvalue weighted by molar-refractivity contribution is 5.89. The Hall–Kier alpha value is -4.19. The van der Waals surface area contributed by atoms with Gasteiger partial charge in [0, 0.05) is 37.2 Å². The Labute approximate surface area is 212 Å². The highest BCUT2D eigenvalue weighted by Crippen LogP contribution is 2.44. The van der Waals surface area contributed by atoms with Crippen LogP contribution in [0.3, 0.4) is 0 Å². The third-order valence-corrected chi connectivity index (χ3v) is 6.89. The zero-order valence-corrected chi connectivity index (χ0v) is 19.8. The molecule has 0 atom stereocenters. The first-order valence-electron chi connectivity index (χ1n) is 12.0. The molecule has 2 heterocycles. The molecule has 0 aromatic heterocycles. The van der Waals surface area contributed by atoms with E-state index in [9.17, 15) is 18.0 Å². The highest BCUT2D eigenvalue weighted by Gasteiger charge is 2.41. The maximum atomic E-state index is 12.8. The number of piperidine rings is 1. The van der Waals surface area contributed by atoms with Crippen LogP contribution in [-0.2, 0) is 6.42 Å². The number of nitrogens with zero attached hydrogens (tertiary/aromatic N) is 2. The first-order valence-corrected chi connectivity index (χ1v) is 12.0. The van der Waals surface area contributed by atoms with Crippen molar-refractivity contribution in [1.29, 1.82) is 5.26 Å². The van der Waals surface area contributed by atoms with E-state index in [1.54, 1.807) is 17.0 Å². The number of para-hydroxylation sites is 1. The largest absolute Gasteiger partial charge is 0.573 e. The molecule has 3 aromatic rings. The monoisotopic (exact) mass is 507 g/mol. The zero-order valence-electron chi connectivity index (χ0n) is 19.8. The van der Waals surface area contributed by atoms with Gasteiger partial charge < -0.3 is 19.7 Å². The van der Waals surface area contributed by atoms with Gasteiger partial charge in [0.25, 0.3) is 0 Å². The molecule has 9 heteroatoms. The molecule has 37 heavy (non-hydrogen) atoms. The number of hydrogen-bond donors (Lipinski definition) is 1. The Morgan fingerprint density at radius 3 is 2.35 bits per heavy atom. The van der Waals surface area contributed by atoms with Crippen molar-refractivity contribution in [3.05, 3.63) is 77.9 Å². The first kappa shape index (κ1) is 24.5. The Balaban J connectivity index is 1.23. The molecule has 2 amide bonds. The Morgan fingerprint density at radius 2 is 1.70 bits per heavy atom. The van der Waals surface area contributed by atoms with Crippen molar-refractivity contribution in [1.82, 2.24) is 4.90 Å². The quantitative estimate of drug-likeness (QED) is 0.438. The number of urea groups is 1. The summed E-state index contributed by atoms with van der Waals surface area (Å²) in [5.41, 5.74) is 3.72. The number of rotatable bonds is 3. The Bertz CT molecular complexity index is 1320. The number of hydrogen-bond acceptors (Lipinski definition) is 4. The van der Waals surface area contributed by atoms with Crippen molar-refractivity contribution in [2.75, 3.05) is 18.4 Å². The minimum Gasteiger partial charge on any atom is -0.486 e. The van der Waals surface area contributed by atoms with Gasteiger partial charge in [-0.05, 0) is 60.4 Å². The molecule has 1 N–H and O–H groups in total. The summed E-state index contributed by atoms with van der Waals surface area (Å²) < 4.78 is 47.6. The molecule has 6 nitrogen and oxygen atoms in total. The van der Waals surface area contributed by atoms with E-state index in [-0.39, 0.29) is 17.4 Å². The summed E-state index contributed by atoms with van der Waals surface area (Å²) in [5, 5.41) is 11.8. The van der Waals surface area contributed by atoms with Gasteiger partial charge in [0.15, 0.2) is 0 Å². The summed E-state index contributed by atoms with van der Waals surface area (Å²) in [6.07, 6.45) is -1.70. The van der Waals surface area contributed by atoms with E-state index in [2.05, 4.69) is 22.2 Å². The normalized spacial score (nSPS) is 16.3. The van der Waals surface area contributed by atoms with E-state index in [1.165, 1.54) is 12.1 Å². The predicted octanol–water partition coefficient (Wildman–Crippen LogP) is 6.52. The van der Waals surface area contributed by atoms with Crippen LogP contribution in [0.2, 0.25) is 0 Å². The molecule has 0 unspecified atom stereocenters. The van der Waals surface area contributed by atoms with Crippen molar-refractivity contribution in [2.24, 2.45) is 0 Å². The summed E-state index contributed by atoms with van der Waals surface area (Å²) in [7, 11) is 0. The van der Waals surface area contributed by atoms with Crippen LogP contribution >= 0.6 is 0 Å². The molecule has 0 bridgehead atoms. The zero-order chi connectivity index (χ0) is 26.0. The number of nitrogens with one attached hydrogen (secondary N) is 1. The van der Waals surface area contributed by atoms with Crippen molar-refractivity contribution in [3.63, 3.8) is 0 Å². The third-order valence-electron chi connectivity index (χ3n) is 6.89. The second-order valence-electron chi connectivity index (χ2n) is 9.26. The van der Waals surface area contributed by atoms with Crippen LogP contribution in [0.1, 0.15) is 30.4 Å². The predicted molar refractivity (Wildman–Crippen MR) is 131 cm³/mol. The molecule has 5 rings (SSSR count). The number of benzene rings is 3. The SMILES string of the molecule is N#Cc1ccc(-c2cccc3c2OC2(CC3)CCN(C(=O)Nc3ccc(OC(F)(F)F)cc3)CC2)cc1. The van der Waals surface area contributed by atoms with Gasteiger partial charge in [-0.25, -0.2) is 4.79 Å². The molecule has 1 spiro atoms. The number of carbonyl (C=O) groups is 1. The fourth-order valence-corrected chi connectivity index (χ4v) is 4.90. The lowest BCUT2D eigenvalue weighted by atomic mass is 9.82. The maximum Gasteiger partial charge on any atom is 0.573 e. The van der Waals surface area contributed by atoms with Crippen LogP contribution in [0.4, 0.5) is 23.7 Å². The average Bonchev–Trinajstić information content (AvgIpc) is 2.89. The first-order chi connectivity index (χ1) is 17.7. The molecular weight excluding hydrogens is 483 g/mol. The Kier molecular flexibility index (Phi) is 6.42. The fourth-order valence-electron chi connectivity index (χ4n) is 4.90. The van der Waals surface area contributed by atoms with Gasteiger partial charge in [-0.3, -0.25) is 0 Å². The van der Waals surface area contributed by atoms with Gasteiger partial charge in [-0.2, -0.15) is 5.26 Å². The van der Waals surface area contributed by atoms with Crippen LogP contribution in [0.5, 0.6) is 11.5 Å². The van der Waals surface area contributed by atoms with Crippen LogP contribution in [-0.4, -0.2) is 36.0 Å². The number of nitriles is 1. The van der Waals surface area contributed by atoms with Crippen LogP contribution in [0, 0.1) is 11.3 Å². The molecule has 1 fully saturated rings. The maximum absolute atomic E-state index is 12.8. The number of amides is 2. The third kappa shape index (κ3) is 5.48.